The fourth-order valence-electron chi connectivity index (χ4n) is 2.50. The van der Waals surface area contributed by atoms with Gasteiger partial charge in [-0.25, -0.2) is 8.42 Å². The Labute approximate surface area is 138 Å². The van der Waals surface area contributed by atoms with Crippen molar-refractivity contribution >= 4 is 33.0 Å². The maximum absolute atomic E-state index is 12.7. The summed E-state index contributed by atoms with van der Waals surface area (Å²) in [6, 6.07) is 3.10. The van der Waals surface area contributed by atoms with Crippen molar-refractivity contribution in [2.45, 2.75) is 12.5 Å². The first-order valence-corrected chi connectivity index (χ1v) is 9.01. The van der Waals surface area contributed by atoms with Gasteiger partial charge in [-0.2, -0.15) is 0 Å². The maximum Gasteiger partial charge on any atom is 0.270 e. The minimum Gasteiger partial charge on any atom is -0.331 e. The van der Waals surface area contributed by atoms with Crippen LogP contribution in [0.5, 0.6) is 0 Å². The quantitative estimate of drug-likeness (QED) is 0.456. The lowest BCUT2D eigenvalue weighted by Gasteiger charge is -2.27. The average molecular weight is 359 g/mol. The first-order chi connectivity index (χ1) is 10.7. The highest BCUT2D eigenvalue weighted by Crippen LogP contribution is 2.26. The molecular formula is C14H15ClN2O5S. The molecular weight excluding hydrogens is 344 g/mol. The van der Waals surface area contributed by atoms with E-state index >= 15 is 0 Å². The minimum absolute atomic E-state index is 0.0151. The predicted molar refractivity (Wildman–Crippen MR) is 86.4 cm³/mol. The summed E-state index contributed by atoms with van der Waals surface area (Å²) in [4.78, 5) is 24.3. The summed E-state index contributed by atoms with van der Waals surface area (Å²) in [5.74, 6) is -0.652. The second-order valence-corrected chi connectivity index (χ2v) is 7.86. The molecule has 1 saturated heterocycles. The zero-order valence-electron chi connectivity index (χ0n) is 12.1. The van der Waals surface area contributed by atoms with E-state index in [9.17, 15) is 23.3 Å². The SMILES string of the molecule is C=CCN(C(=O)c1cc([N+](=O)[O-])ccc1Cl)C1CCS(=O)(=O)C1. The minimum atomic E-state index is -3.18. The third-order valence-electron chi connectivity index (χ3n) is 3.63. The number of halogens is 1. The molecule has 0 aliphatic carbocycles. The molecule has 1 atom stereocenters. The molecule has 23 heavy (non-hydrogen) atoms. The van der Waals surface area contributed by atoms with Crippen LogP contribution in [0.25, 0.3) is 0 Å². The Balaban J connectivity index is 2.37. The number of nitro benzene ring substituents is 1. The third kappa shape index (κ3) is 3.89. The van der Waals surface area contributed by atoms with E-state index in [1.165, 1.54) is 23.1 Å². The smallest absolute Gasteiger partial charge is 0.270 e. The van der Waals surface area contributed by atoms with Crippen molar-refractivity contribution in [3.8, 4) is 0 Å². The van der Waals surface area contributed by atoms with Crippen LogP contribution in [0.3, 0.4) is 0 Å². The number of hydrogen-bond donors (Lipinski definition) is 0. The van der Waals surface area contributed by atoms with Crippen LogP contribution in [-0.2, 0) is 9.84 Å². The summed E-state index contributed by atoms with van der Waals surface area (Å²) in [5, 5.41) is 10.9. The molecule has 1 amide bonds. The average Bonchev–Trinajstić information content (AvgIpc) is 2.84. The molecule has 0 spiro atoms. The van der Waals surface area contributed by atoms with E-state index in [0.29, 0.717) is 6.42 Å². The highest BCUT2D eigenvalue weighted by atomic mass is 35.5. The van der Waals surface area contributed by atoms with Crippen molar-refractivity contribution in [3.05, 3.63) is 51.6 Å². The van der Waals surface area contributed by atoms with E-state index in [1.807, 2.05) is 0 Å². The van der Waals surface area contributed by atoms with Crippen molar-refractivity contribution in [2.24, 2.45) is 0 Å². The van der Waals surface area contributed by atoms with Gasteiger partial charge in [-0.3, -0.25) is 14.9 Å². The van der Waals surface area contributed by atoms with Crippen LogP contribution in [0.15, 0.2) is 30.9 Å². The van der Waals surface area contributed by atoms with Crippen LogP contribution in [-0.4, -0.2) is 48.2 Å². The Hall–Kier alpha value is -1.93. The number of sulfone groups is 1. The van der Waals surface area contributed by atoms with Gasteiger partial charge in [-0.1, -0.05) is 17.7 Å². The number of carbonyl (C=O) groups excluding carboxylic acids is 1. The number of nitro groups is 1. The van der Waals surface area contributed by atoms with Crippen molar-refractivity contribution < 1.29 is 18.1 Å². The maximum atomic E-state index is 12.7. The Morgan fingerprint density at radius 2 is 2.22 bits per heavy atom. The molecule has 1 unspecified atom stereocenters. The Bertz CT molecular complexity index is 762. The first-order valence-electron chi connectivity index (χ1n) is 6.81. The number of rotatable bonds is 5. The standard InChI is InChI=1S/C14H15ClN2O5S/c1-2-6-16(11-5-7-23(21,22)9-11)14(18)12-8-10(17(19)20)3-4-13(12)15/h2-4,8,11H,1,5-7,9H2. The van der Waals surface area contributed by atoms with E-state index in [0.717, 1.165) is 6.07 Å². The highest BCUT2D eigenvalue weighted by Gasteiger charge is 2.35. The monoisotopic (exact) mass is 358 g/mol. The fraction of sp³-hybridized carbons (Fsp3) is 0.357. The lowest BCUT2D eigenvalue weighted by Crippen LogP contribution is -2.41. The van der Waals surface area contributed by atoms with Gasteiger partial charge in [0.15, 0.2) is 9.84 Å². The lowest BCUT2D eigenvalue weighted by atomic mass is 10.1. The zero-order valence-corrected chi connectivity index (χ0v) is 13.7. The molecule has 7 nitrogen and oxygen atoms in total. The van der Waals surface area contributed by atoms with Crippen LogP contribution in [0.1, 0.15) is 16.8 Å². The van der Waals surface area contributed by atoms with Gasteiger partial charge < -0.3 is 4.90 Å². The van der Waals surface area contributed by atoms with Crippen LogP contribution in [0.4, 0.5) is 5.69 Å². The molecule has 0 aromatic heterocycles. The predicted octanol–water partition coefficient (Wildman–Crippen LogP) is 2.06. The van der Waals surface area contributed by atoms with Crippen molar-refractivity contribution in [2.75, 3.05) is 18.1 Å². The summed E-state index contributed by atoms with van der Waals surface area (Å²) < 4.78 is 23.3. The van der Waals surface area contributed by atoms with Gasteiger partial charge in [0, 0.05) is 24.7 Å². The Kier molecular flexibility index (Phi) is 5.06. The van der Waals surface area contributed by atoms with Gasteiger partial charge in [-0.05, 0) is 12.5 Å². The van der Waals surface area contributed by atoms with E-state index in [4.69, 9.17) is 11.6 Å². The first kappa shape index (κ1) is 17.4. The summed E-state index contributed by atoms with van der Waals surface area (Å²) in [5.41, 5.74) is -0.276. The van der Waals surface area contributed by atoms with E-state index in [2.05, 4.69) is 6.58 Å². The summed E-state index contributed by atoms with van der Waals surface area (Å²) in [6.45, 7) is 3.70. The van der Waals surface area contributed by atoms with Gasteiger partial charge in [0.1, 0.15) is 0 Å². The second kappa shape index (κ2) is 6.67. The van der Waals surface area contributed by atoms with Gasteiger partial charge in [0.2, 0.25) is 0 Å². The largest absolute Gasteiger partial charge is 0.331 e. The molecule has 1 fully saturated rings. The number of hydrogen-bond acceptors (Lipinski definition) is 5. The van der Waals surface area contributed by atoms with Gasteiger partial charge in [-0.15, -0.1) is 6.58 Å². The van der Waals surface area contributed by atoms with Gasteiger partial charge in [0.25, 0.3) is 11.6 Å². The van der Waals surface area contributed by atoms with Crippen molar-refractivity contribution in [1.82, 2.24) is 4.90 Å². The highest BCUT2D eigenvalue weighted by molar-refractivity contribution is 7.91. The third-order valence-corrected chi connectivity index (χ3v) is 5.71. The topological polar surface area (TPSA) is 97.6 Å². The molecule has 124 valence electrons. The molecule has 0 N–H and O–H groups in total. The molecule has 1 aliphatic rings. The number of non-ortho nitro benzene ring substituents is 1. The molecule has 0 saturated carbocycles. The summed E-state index contributed by atoms with van der Waals surface area (Å²) in [7, 11) is -3.18. The van der Waals surface area contributed by atoms with Gasteiger partial charge in [0.05, 0.1) is 27.0 Å². The number of carbonyl (C=O) groups is 1. The molecule has 1 heterocycles. The van der Waals surface area contributed by atoms with Crippen LogP contribution >= 0.6 is 11.6 Å². The van der Waals surface area contributed by atoms with Crippen LogP contribution in [0.2, 0.25) is 5.02 Å². The molecule has 2 rings (SSSR count). The number of nitrogens with zero attached hydrogens (tertiary/aromatic N) is 2. The summed E-state index contributed by atoms with van der Waals surface area (Å²) in [6.07, 6.45) is 1.81. The normalized spacial score (nSPS) is 19.3. The van der Waals surface area contributed by atoms with Crippen molar-refractivity contribution in [1.29, 1.82) is 0 Å². The Morgan fingerprint density at radius 1 is 1.52 bits per heavy atom. The van der Waals surface area contributed by atoms with Gasteiger partial charge >= 0.3 is 0 Å². The van der Waals surface area contributed by atoms with Crippen molar-refractivity contribution in [3.63, 3.8) is 0 Å². The molecule has 1 aromatic rings. The molecule has 0 bridgehead atoms. The zero-order chi connectivity index (χ0) is 17.2. The van der Waals surface area contributed by atoms with E-state index < -0.39 is 26.7 Å². The fourth-order valence-corrected chi connectivity index (χ4v) is 4.43. The Morgan fingerprint density at radius 3 is 2.74 bits per heavy atom. The van der Waals surface area contributed by atoms with E-state index in [-0.39, 0.29) is 34.3 Å². The van der Waals surface area contributed by atoms with Crippen LogP contribution < -0.4 is 0 Å². The second-order valence-electron chi connectivity index (χ2n) is 5.22. The lowest BCUT2D eigenvalue weighted by molar-refractivity contribution is -0.384. The number of benzene rings is 1. The molecule has 1 aliphatic heterocycles. The number of amides is 1. The molecule has 0 radical (unpaired) electrons. The van der Waals surface area contributed by atoms with Crippen LogP contribution in [0, 0.1) is 10.1 Å². The molecule has 1 aromatic carbocycles. The summed E-state index contributed by atoms with van der Waals surface area (Å²) >= 11 is 5.99. The molecule has 9 heteroatoms. The van der Waals surface area contributed by atoms with E-state index in [1.54, 1.807) is 0 Å².